The van der Waals surface area contributed by atoms with E-state index in [4.69, 9.17) is 21.1 Å². The molecule has 262 valence electrons. The number of halogens is 1. The van der Waals surface area contributed by atoms with Crippen molar-refractivity contribution in [2.24, 2.45) is 23.7 Å². The van der Waals surface area contributed by atoms with Gasteiger partial charge >= 0.3 is 0 Å². The minimum absolute atomic E-state index is 0.133. The summed E-state index contributed by atoms with van der Waals surface area (Å²) >= 11 is 6.47. The Morgan fingerprint density at radius 1 is 0.846 bits per heavy atom. The van der Waals surface area contributed by atoms with Gasteiger partial charge in [-0.1, -0.05) is 90.0 Å². The number of methoxy groups -OCH3 is 2. The van der Waals surface area contributed by atoms with Crippen molar-refractivity contribution in [3.05, 3.63) is 136 Å². The van der Waals surface area contributed by atoms with Gasteiger partial charge in [0.2, 0.25) is 11.8 Å². The van der Waals surface area contributed by atoms with Crippen molar-refractivity contribution in [3.8, 4) is 17.2 Å². The number of fused-ring (bicyclic) bond motifs is 4. The summed E-state index contributed by atoms with van der Waals surface area (Å²) in [6.07, 6.45) is 3.76. The summed E-state index contributed by atoms with van der Waals surface area (Å²) in [5.41, 5.74) is 2.20. The van der Waals surface area contributed by atoms with Crippen LogP contribution in [0.3, 0.4) is 0 Å². The molecule has 1 N–H and O–H groups in total. The quantitative estimate of drug-likeness (QED) is 0.164. The Hall–Kier alpha value is -5.47. The fraction of sp³-hybridized carbons (Fsp3) is 0.256. The Balaban J connectivity index is 1.39. The van der Waals surface area contributed by atoms with Crippen molar-refractivity contribution in [1.82, 2.24) is 0 Å². The molecule has 1 aliphatic heterocycles. The van der Waals surface area contributed by atoms with E-state index >= 15 is 9.59 Å². The Kier molecular flexibility index (Phi) is 8.18. The topological polar surface area (TPSA) is 110 Å². The number of phenols is 1. The molecule has 0 spiro atoms. The molecule has 8 nitrogen and oxygen atoms in total. The second-order valence-electron chi connectivity index (χ2n) is 14.0. The maximum Gasteiger partial charge on any atom is 0.238 e. The molecule has 1 heterocycles. The van der Waals surface area contributed by atoms with Gasteiger partial charge in [0, 0.05) is 40.1 Å². The van der Waals surface area contributed by atoms with Gasteiger partial charge in [-0.15, -0.1) is 0 Å². The molecule has 1 saturated heterocycles. The van der Waals surface area contributed by atoms with Crippen molar-refractivity contribution >= 4 is 46.2 Å². The lowest BCUT2D eigenvalue weighted by Crippen LogP contribution is -2.58. The molecule has 1 saturated carbocycles. The van der Waals surface area contributed by atoms with Gasteiger partial charge in [0.15, 0.2) is 11.6 Å². The number of aromatic hydroxyl groups is 1. The van der Waals surface area contributed by atoms with E-state index in [1.807, 2.05) is 61.5 Å². The first kappa shape index (κ1) is 33.7. The molecule has 3 aliphatic carbocycles. The van der Waals surface area contributed by atoms with Crippen LogP contribution in [0.2, 0.25) is 5.02 Å². The number of anilines is 1. The zero-order chi connectivity index (χ0) is 36.5. The number of benzene rings is 4. The van der Waals surface area contributed by atoms with Crippen LogP contribution in [0, 0.1) is 30.6 Å². The molecule has 0 bridgehead atoms. The van der Waals surface area contributed by atoms with Gasteiger partial charge in [-0.2, -0.15) is 0 Å². The molecule has 52 heavy (non-hydrogen) atoms. The van der Waals surface area contributed by atoms with Gasteiger partial charge < -0.3 is 14.6 Å². The molecule has 9 heteroatoms. The number of ether oxygens (including phenoxy) is 2. The molecule has 4 aromatic carbocycles. The van der Waals surface area contributed by atoms with E-state index < -0.39 is 35.0 Å². The predicted molar refractivity (Wildman–Crippen MR) is 196 cm³/mol. The molecule has 2 fully saturated rings. The number of ketones is 2. The van der Waals surface area contributed by atoms with Gasteiger partial charge in [-0.05, 0) is 60.6 Å². The highest BCUT2D eigenvalue weighted by molar-refractivity contribution is 6.33. The molecular formula is C43H36ClNO7. The molecule has 8 rings (SSSR count). The van der Waals surface area contributed by atoms with Crippen molar-refractivity contribution in [1.29, 1.82) is 0 Å². The Labute approximate surface area is 306 Å². The lowest BCUT2D eigenvalue weighted by molar-refractivity contribution is -0.135. The average Bonchev–Trinajstić information content (AvgIpc) is 3.42. The summed E-state index contributed by atoms with van der Waals surface area (Å²) in [7, 11) is 2.95. The minimum atomic E-state index is -1.53. The summed E-state index contributed by atoms with van der Waals surface area (Å²) < 4.78 is 11.4. The van der Waals surface area contributed by atoms with Gasteiger partial charge in [-0.3, -0.25) is 19.2 Å². The van der Waals surface area contributed by atoms with Crippen LogP contribution in [0.4, 0.5) is 5.69 Å². The van der Waals surface area contributed by atoms with E-state index in [0.717, 1.165) is 5.56 Å². The molecule has 4 aliphatic rings. The van der Waals surface area contributed by atoms with Gasteiger partial charge in [0.1, 0.15) is 17.2 Å². The van der Waals surface area contributed by atoms with Crippen molar-refractivity contribution < 1.29 is 33.8 Å². The van der Waals surface area contributed by atoms with Gasteiger partial charge in [0.25, 0.3) is 0 Å². The van der Waals surface area contributed by atoms with Gasteiger partial charge in [0.05, 0.1) is 37.2 Å². The third kappa shape index (κ3) is 4.80. The Bertz CT molecular complexity index is 2230. The lowest BCUT2D eigenvalue weighted by atomic mass is 9.44. The summed E-state index contributed by atoms with van der Waals surface area (Å²) in [5.74, 6) is -4.85. The van der Waals surface area contributed by atoms with Gasteiger partial charge in [-0.25, -0.2) is 4.90 Å². The summed E-state index contributed by atoms with van der Waals surface area (Å²) in [6, 6.07) is 26.5. The normalized spacial score (nSPS) is 26.6. The first-order valence-electron chi connectivity index (χ1n) is 17.3. The monoisotopic (exact) mass is 713 g/mol. The first-order chi connectivity index (χ1) is 25.1. The average molecular weight is 714 g/mol. The summed E-state index contributed by atoms with van der Waals surface area (Å²) in [5, 5.41) is 12.3. The highest BCUT2D eigenvalue weighted by atomic mass is 35.5. The summed E-state index contributed by atoms with van der Waals surface area (Å²) in [4.78, 5) is 60.4. The number of rotatable bonds is 6. The van der Waals surface area contributed by atoms with Crippen molar-refractivity contribution in [2.45, 2.75) is 31.1 Å². The Morgan fingerprint density at radius 3 is 2.23 bits per heavy atom. The summed E-state index contributed by atoms with van der Waals surface area (Å²) in [6.45, 7) is 1.85. The van der Waals surface area contributed by atoms with Crippen molar-refractivity contribution in [2.75, 3.05) is 19.1 Å². The van der Waals surface area contributed by atoms with Crippen LogP contribution < -0.4 is 14.4 Å². The number of allylic oxidation sites excluding steroid dienone is 4. The SMILES string of the molecule is COc1cc(O)c(C2C3=CCC4C(=O)N(c5ccc(C)c(Cl)c5)C(=O)C4C3CC3C(=O)C(c4ccccc4)=CC(=O)C32c2ccccc2)c(OC)c1. The van der Waals surface area contributed by atoms with Crippen LogP contribution in [0.1, 0.15) is 41.0 Å². The predicted octanol–water partition coefficient (Wildman–Crippen LogP) is 7.40. The molecular weight excluding hydrogens is 678 g/mol. The number of amides is 2. The zero-order valence-corrected chi connectivity index (χ0v) is 29.6. The highest BCUT2D eigenvalue weighted by Gasteiger charge is 2.66. The number of hydrogen-bond donors (Lipinski definition) is 1. The van der Waals surface area contributed by atoms with E-state index in [0.29, 0.717) is 38.7 Å². The number of imide groups is 1. The number of carbonyl (C=O) groups is 4. The standard InChI is InChI=1S/C43H36ClNO7/c1-23-14-15-26(18-33(23)44)45-41(49)29-17-16-28-31(37(29)42(45)50)21-32-40(48)30(24-10-6-4-7-11-24)22-36(47)43(32,25-12-8-5-9-13-25)39(28)38-34(46)19-27(51-2)20-35(38)52-3/h4-16,18-20,22,29,31-32,37,39,46H,17,21H2,1-3H3. The first-order valence-corrected chi connectivity index (χ1v) is 17.7. The van der Waals surface area contributed by atoms with E-state index in [1.54, 1.807) is 36.4 Å². The van der Waals surface area contributed by atoms with E-state index in [9.17, 15) is 14.7 Å². The van der Waals surface area contributed by atoms with Crippen LogP contribution in [0.15, 0.2) is 109 Å². The number of Topliss-reactive ketones (excluding diaryl/α,β-unsaturated/α-hetero) is 1. The number of aryl methyl sites for hydroxylation is 1. The highest BCUT2D eigenvalue weighted by Crippen LogP contribution is 2.65. The lowest BCUT2D eigenvalue weighted by Gasteiger charge is -2.55. The van der Waals surface area contributed by atoms with Crippen LogP contribution in [0.25, 0.3) is 5.57 Å². The third-order valence-corrected chi connectivity index (χ3v) is 12.0. The third-order valence-electron chi connectivity index (χ3n) is 11.6. The largest absolute Gasteiger partial charge is 0.507 e. The molecule has 4 aromatic rings. The maximum absolute atomic E-state index is 15.3. The number of hydrogen-bond acceptors (Lipinski definition) is 7. The van der Waals surface area contributed by atoms with Crippen LogP contribution in [-0.4, -0.2) is 42.7 Å². The second kappa shape index (κ2) is 12.6. The molecule has 2 amide bonds. The smallest absolute Gasteiger partial charge is 0.238 e. The number of carbonyl (C=O) groups excluding carboxylic acids is 4. The number of phenolic OH excluding ortho intramolecular Hbond substituents is 1. The maximum atomic E-state index is 15.3. The molecule has 0 radical (unpaired) electrons. The van der Waals surface area contributed by atoms with Crippen molar-refractivity contribution in [3.63, 3.8) is 0 Å². The zero-order valence-electron chi connectivity index (χ0n) is 28.8. The molecule has 6 atom stereocenters. The van der Waals surface area contributed by atoms with E-state index in [2.05, 4.69) is 0 Å². The molecule has 6 unspecified atom stereocenters. The Morgan fingerprint density at radius 2 is 1.56 bits per heavy atom. The van der Waals surface area contributed by atoms with E-state index in [-0.39, 0.29) is 53.3 Å². The fourth-order valence-electron chi connectivity index (χ4n) is 9.33. The molecule has 0 aromatic heterocycles. The number of nitrogens with zero attached hydrogens (tertiary/aromatic N) is 1. The van der Waals surface area contributed by atoms with E-state index in [1.165, 1.54) is 31.3 Å². The minimum Gasteiger partial charge on any atom is -0.507 e. The van der Waals surface area contributed by atoms with Crippen LogP contribution in [0.5, 0.6) is 17.2 Å². The fourth-order valence-corrected chi connectivity index (χ4v) is 9.50. The van der Waals surface area contributed by atoms with Crippen LogP contribution >= 0.6 is 11.6 Å². The van der Waals surface area contributed by atoms with Crippen LogP contribution in [-0.2, 0) is 24.6 Å². The second-order valence-corrected chi connectivity index (χ2v) is 14.4.